The van der Waals surface area contributed by atoms with E-state index in [1.54, 1.807) is 6.92 Å². The number of nitrogens with one attached hydrogen (secondary N) is 1. The smallest absolute Gasteiger partial charge is 0.202 e. The van der Waals surface area contributed by atoms with Crippen LogP contribution in [-0.2, 0) is 10.2 Å². The monoisotopic (exact) mass is 205 g/mol. The van der Waals surface area contributed by atoms with Crippen LogP contribution in [0.4, 0.5) is 0 Å². The van der Waals surface area contributed by atoms with Crippen molar-refractivity contribution in [2.45, 2.75) is 20.3 Å². The van der Waals surface area contributed by atoms with Gasteiger partial charge in [-0.25, -0.2) is 4.72 Å². The first kappa shape index (κ1) is 12.4. The van der Waals surface area contributed by atoms with Crippen LogP contribution in [-0.4, -0.2) is 32.4 Å². The summed E-state index contributed by atoms with van der Waals surface area (Å²) in [5.41, 5.74) is 0. The van der Waals surface area contributed by atoms with Crippen LogP contribution in [0.3, 0.4) is 0 Å². The molecule has 5 nitrogen and oxygen atoms in total. The Bertz CT molecular complexity index is 268. The zero-order valence-corrected chi connectivity index (χ0v) is 8.76. The van der Waals surface area contributed by atoms with Crippen LogP contribution < -0.4 is 4.72 Å². The van der Waals surface area contributed by atoms with E-state index in [1.165, 1.54) is 0 Å². The predicted octanol–water partition coefficient (Wildman–Crippen LogP) is 0.0763. The third-order valence-corrected chi connectivity index (χ3v) is 3.03. The van der Waals surface area contributed by atoms with E-state index in [0.717, 1.165) is 4.31 Å². The molecule has 0 aromatic rings. The van der Waals surface area contributed by atoms with E-state index in [4.69, 9.17) is 5.26 Å². The second-order valence-corrected chi connectivity index (χ2v) is 4.25. The van der Waals surface area contributed by atoms with Gasteiger partial charge < -0.3 is 0 Å². The Labute approximate surface area is 79.5 Å². The minimum absolute atomic E-state index is 0.0941. The number of hydrogen-bond donors (Lipinski definition) is 1. The van der Waals surface area contributed by atoms with Crippen molar-refractivity contribution in [3.05, 3.63) is 0 Å². The van der Waals surface area contributed by atoms with Gasteiger partial charge in [0.2, 0.25) is 0 Å². The summed E-state index contributed by atoms with van der Waals surface area (Å²) in [6.07, 6.45) is 0.701. The molecule has 0 aliphatic heterocycles. The molecular formula is C7H15N3O2S. The summed E-state index contributed by atoms with van der Waals surface area (Å²) >= 11 is 0. The van der Waals surface area contributed by atoms with E-state index in [0.29, 0.717) is 19.5 Å². The second-order valence-electron chi connectivity index (χ2n) is 2.49. The highest BCUT2D eigenvalue weighted by molar-refractivity contribution is 7.87. The molecule has 6 heteroatoms. The molecule has 0 bridgehead atoms. The van der Waals surface area contributed by atoms with E-state index in [9.17, 15) is 8.42 Å². The van der Waals surface area contributed by atoms with Crippen LogP contribution in [0.5, 0.6) is 0 Å². The van der Waals surface area contributed by atoms with Gasteiger partial charge in [-0.3, -0.25) is 0 Å². The molecule has 0 fully saturated rings. The van der Waals surface area contributed by atoms with Gasteiger partial charge in [0, 0.05) is 13.1 Å². The van der Waals surface area contributed by atoms with Crippen LogP contribution in [0.15, 0.2) is 0 Å². The summed E-state index contributed by atoms with van der Waals surface area (Å²) in [4.78, 5) is 0. The SMILES string of the molecule is CCCN(CC#N)S(=O)(=O)NCC. The maximum atomic E-state index is 11.4. The first-order chi connectivity index (χ1) is 6.08. The fraction of sp³-hybridized carbons (Fsp3) is 0.857. The van der Waals surface area contributed by atoms with Crippen LogP contribution in [0.2, 0.25) is 0 Å². The molecule has 13 heavy (non-hydrogen) atoms. The number of nitrogens with zero attached hydrogens (tertiary/aromatic N) is 2. The van der Waals surface area contributed by atoms with Crippen molar-refractivity contribution in [1.29, 1.82) is 5.26 Å². The van der Waals surface area contributed by atoms with Gasteiger partial charge in [-0.1, -0.05) is 13.8 Å². The lowest BCUT2D eigenvalue weighted by molar-refractivity contribution is 0.435. The van der Waals surface area contributed by atoms with Gasteiger partial charge in [0.25, 0.3) is 10.2 Å². The van der Waals surface area contributed by atoms with Crippen molar-refractivity contribution in [2.75, 3.05) is 19.6 Å². The molecule has 0 heterocycles. The predicted molar refractivity (Wildman–Crippen MR) is 50.1 cm³/mol. The molecule has 0 aliphatic rings. The van der Waals surface area contributed by atoms with Gasteiger partial charge in [-0.2, -0.15) is 18.0 Å². The highest BCUT2D eigenvalue weighted by atomic mass is 32.2. The molecule has 0 amide bonds. The summed E-state index contributed by atoms with van der Waals surface area (Å²) < 4.78 is 26.2. The normalized spacial score (nSPS) is 11.5. The fourth-order valence-corrected chi connectivity index (χ4v) is 2.08. The van der Waals surface area contributed by atoms with Gasteiger partial charge in [0.05, 0.1) is 6.07 Å². The van der Waals surface area contributed by atoms with E-state index in [1.807, 2.05) is 13.0 Å². The van der Waals surface area contributed by atoms with Crippen LogP contribution in [0.1, 0.15) is 20.3 Å². The Kier molecular flexibility index (Phi) is 5.62. The summed E-state index contributed by atoms with van der Waals surface area (Å²) in [6, 6.07) is 1.82. The van der Waals surface area contributed by atoms with E-state index in [2.05, 4.69) is 4.72 Å². The van der Waals surface area contributed by atoms with Gasteiger partial charge >= 0.3 is 0 Å². The van der Waals surface area contributed by atoms with Crippen molar-refractivity contribution in [3.8, 4) is 6.07 Å². The van der Waals surface area contributed by atoms with Gasteiger partial charge in [-0.05, 0) is 6.42 Å². The minimum atomic E-state index is -3.44. The lowest BCUT2D eigenvalue weighted by Crippen LogP contribution is -2.41. The summed E-state index contributed by atoms with van der Waals surface area (Å²) in [5.74, 6) is 0. The van der Waals surface area contributed by atoms with Crippen molar-refractivity contribution >= 4 is 10.2 Å². The Morgan fingerprint density at radius 1 is 1.46 bits per heavy atom. The highest BCUT2D eigenvalue weighted by Gasteiger charge is 2.18. The summed E-state index contributed by atoms with van der Waals surface area (Å²) in [5, 5.41) is 8.41. The zero-order chi connectivity index (χ0) is 10.3. The quantitative estimate of drug-likeness (QED) is 0.624. The maximum Gasteiger partial charge on any atom is 0.280 e. The Balaban J connectivity index is 4.44. The molecule has 0 aromatic heterocycles. The number of rotatable bonds is 6. The minimum Gasteiger partial charge on any atom is -0.202 e. The molecule has 0 saturated carbocycles. The average Bonchev–Trinajstić information content (AvgIpc) is 2.04. The molecular weight excluding hydrogens is 190 g/mol. The van der Waals surface area contributed by atoms with Crippen LogP contribution in [0, 0.1) is 11.3 Å². The molecule has 0 atom stereocenters. The molecule has 0 unspecified atom stereocenters. The van der Waals surface area contributed by atoms with E-state index < -0.39 is 10.2 Å². The summed E-state index contributed by atoms with van der Waals surface area (Å²) in [7, 11) is -3.44. The largest absolute Gasteiger partial charge is 0.280 e. The summed E-state index contributed by atoms with van der Waals surface area (Å²) in [6.45, 7) is 4.19. The molecule has 0 rings (SSSR count). The number of hydrogen-bond acceptors (Lipinski definition) is 3. The van der Waals surface area contributed by atoms with Gasteiger partial charge in [0.1, 0.15) is 6.54 Å². The molecule has 0 aliphatic carbocycles. The fourth-order valence-electron chi connectivity index (χ4n) is 0.886. The van der Waals surface area contributed by atoms with Crippen molar-refractivity contribution in [3.63, 3.8) is 0 Å². The molecule has 76 valence electrons. The standard InChI is InChI=1S/C7H15N3O2S/c1-3-6-10(7-5-8)13(11,12)9-4-2/h9H,3-4,6-7H2,1-2H3. The third-order valence-electron chi connectivity index (χ3n) is 1.39. The lowest BCUT2D eigenvalue weighted by Gasteiger charge is -2.17. The van der Waals surface area contributed by atoms with Gasteiger partial charge in [-0.15, -0.1) is 0 Å². The average molecular weight is 205 g/mol. The van der Waals surface area contributed by atoms with Gasteiger partial charge in [0.15, 0.2) is 0 Å². The molecule has 0 aromatic carbocycles. The number of nitriles is 1. The Hall–Kier alpha value is -0.640. The zero-order valence-electron chi connectivity index (χ0n) is 7.95. The van der Waals surface area contributed by atoms with Crippen molar-refractivity contribution < 1.29 is 8.42 Å². The lowest BCUT2D eigenvalue weighted by atomic mass is 10.5. The molecule has 1 N–H and O–H groups in total. The van der Waals surface area contributed by atoms with E-state index >= 15 is 0 Å². The molecule has 0 saturated heterocycles. The van der Waals surface area contributed by atoms with Crippen LogP contribution >= 0.6 is 0 Å². The Morgan fingerprint density at radius 2 is 2.08 bits per heavy atom. The van der Waals surface area contributed by atoms with Crippen LogP contribution in [0.25, 0.3) is 0 Å². The third kappa shape index (κ3) is 4.22. The van der Waals surface area contributed by atoms with Crippen molar-refractivity contribution in [1.82, 2.24) is 9.03 Å². The van der Waals surface area contributed by atoms with E-state index in [-0.39, 0.29) is 6.54 Å². The topological polar surface area (TPSA) is 73.2 Å². The molecule has 0 radical (unpaired) electrons. The molecule has 0 spiro atoms. The highest BCUT2D eigenvalue weighted by Crippen LogP contribution is 1.98. The maximum absolute atomic E-state index is 11.4. The first-order valence-electron chi connectivity index (χ1n) is 4.20. The Morgan fingerprint density at radius 3 is 2.46 bits per heavy atom. The second kappa shape index (κ2) is 5.91. The first-order valence-corrected chi connectivity index (χ1v) is 5.64. The van der Waals surface area contributed by atoms with Crippen molar-refractivity contribution in [2.24, 2.45) is 0 Å².